The summed E-state index contributed by atoms with van der Waals surface area (Å²) in [5.74, 6) is -1.08. The van der Waals surface area contributed by atoms with E-state index in [1.165, 1.54) is 26.0 Å². The molecule has 7 heteroatoms. The van der Waals surface area contributed by atoms with E-state index in [-0.39, 0.29) is 16.6 Å². The zero-order chi connectivity index (χ0) is 15.6. The summed E-state index contributed by atoms with van der Waals surface area (Å²) in [6, 6.07) is 6.30. The molecule has 0 aliphatic carbocycles. The van der Waals surface area contributed by atoms with E-state index in [4.69, 9.17) is 4.74 Å². The number of aromatic amines is 1. The van der Waals surface area contributed by atoms with Gasteiger partial charge in [0.05, 0.1) is 10.8 Å². The summed E-state index contributed by atoms with van der Waals surface area (Å²) in [4.78, 5) is 46.7. The van der Waals surface area contributed by atoms with Crippen molar-refractivity contribution in [1.29, 1.82) is 0 Å². The van der Waals surface area contributed by atoms with Crippen LogP contribution in [0.3, 0.4) is 0 Å². The summed E-state index contributed by atoms with van der Waals surface area (Å²) in [6.45, 7) is 2.27. The molecular formula is C14H14N2O5. The van der Waals surface area contributed by atoms with E-state index in [2.05, 4.69) is 5.10 Å². The van der Waals surface area contributed by atoms with Crippen LogP contribution in [-0.2, 0) is 20.9 Å². The third-order valence-electron chi connectivity index (χ3n) is 3.05. The fourth-order valence-electron chi connectivity index (χ4n) is 1.80. The summed E-state index contributed by atoms with van der Waals surface area (Å²) in [7, 11) is 0. The normalized spacial score (nSPS) is 12.1. The van der Waals surface area contributed by atoms with Crippen LogP contribution < -0.4 is 11.1 Å². The smallest absolute Gasteiger partial charge is 0.328 e. The van der Waals surface area contributed by atoms with Gasteiger partial charge in [0, 0.05) is 0 Å². The van der Waals surface area contributed by atoms with Crippen molar-refractivity contribution in [3.8, 4) is 0 Å². The number of aromatic nitrogens is 2. The Labute approximate surface area is 119 Å². The lowest BCUT2D eigenvalue weighted by Gasteiger charge is -2.11. The van der Waals surface area contributed by atoms with Crippen LogP contribution in [0.25, 0.3) is 10.8 Å². The zero-order valence-corrected chi connectivity index (χ0v) is 11.6. The number of nitrogens with one attached hydrogen (secondary N) is 1. The summed E-state index contributed by atoms with van der Waals surface area (Å²) < 4.78 is 5.73. The molecule has 2 aromatic rings. The van der Waals surface area contributed by atoms with E-state index < -0.39 is 29.7 Å². The van der Waals surface area contributed by atoms with Crippen LogP contribution in [0.15, 0.2) is 33.9 Å². The van der Waals surface area contributed by atoms with Gasteiger partial charge in [0.15, 0.2) is 11.9 Å². The van der Waals surface area contributed by atoms with Crippen LogP contribution in [-0.4, -0.2) is 27.6 Å². The molecule has 2 rings (SSSR count). The molecule has 1 N–H and O–H groups in total. The van der Waals surface area contributed by atoms with Crippen molar-refractivity contribution in [3.63, 3.8) is 0 Å². The Kier molecular flexibility index (Phi) is 4.02. The molecule has 21 heavy (non-hydrogen) atoms. The average Bonchev–Trinajstić information content (AvgIpc) is 2.44. The van der Waals surface area contributed by atoms with E-state index in [0.717, 1.165) is 4.68 Å². The van der Waals surface area contributed by atoms with Crippen molar-refractivity contribution in [3.05, 3.63) is 45.0 Å². The Hall–Kier alpha value is -2.70. The molecule has 1 unspecified atom stereocenters. The molecule has 7 nitrogen and oxygen atoms in total. The fourth-order valence-corrected chi connectivity index (χ4v) is 1.80. The molecule has 1 atom stereocenters. The molecule has 0 bridgehead atoms. The molecule has 0 aliphatic heterocycles. The molecule has 0 fully saturated rings. The minimum atomic E-state index is -0.889. The lowest BCUT2D eigenvalue weighted by Crippen LogP contribution is -2.34. The quantitative estimate of drug-likeness (QED) is 0.812. The maximum absolute atomic E-state index is 12.2. The number of nitrogens with zero attached hydrogens (tertiary/aromatic N) is 1. The molecule has 0 amide bonds. The van der Waals surface area contributed by atoms with Crippen molar-refractivity contribution in [2.24, 2.45) is 0 Å². The van der Waals surface area contributed by atoms with E-state index in [1.54, 1.807) is 12.1 Å². The SMILES string of the molecule is CC(=O)C(C)OC(=O)Cn1[nH]c(=O)c2ccccc2c1=O. The van der Waals surface area contributed by atoms with Crippen LogP contribution >= 0.6 is 0 Å². The third kappa shape index (κ3) is 3.07. The van der Waals surface area contributed by atoms with Crippen molar-refractivity contribution in [2.45, 2.75) is 26.5 Å². The number of ketones is 1. The Balaban J connectivity index is 2.34. The second-order valence-electron chi connectivity index (χ2n) is 4.62. The molecule has 1 heterocycles. The van der Waals surface area contributed by atoms with E-state index in [1.807, 2.05) is 0 Å². The summed E-state index contributed by atoms with van der Waals surface area (Å²) in [5, 5.41) is 2.79. The van der Waals surface area contributed by atoms with Crippen LogP contribution in [0, 0.1) is 0 Å². The first-order valence-electron chi connectivity index (χ1n) is 6.32. The number of hydrogen-bond donors (Lipinski definition) is 1. The maximum atomic E-state index is 12.2. The highest BCUT2D eigenvalue weighted by Gasteiger charge is 2.15. The van der Waals surface area contributed by atoms with E-state index in [0.29, 0.717) is 0 Å². The number of ether oxygens (including phenoxy) is 1. The third-order valence-corrected chi connectivity index (χ3v) is 3.05. The molecule has 1 aromatic carbocycles. The van der Waals surface area contributed by atoms with Gasteiger partial charge in [0.25, 0.3) is 11.1 Å². The van der Waals surface area contributed by atoms with Crippen LogP contribution in [0.5, 0.6) is 0 Å². The van der Waals surface area contributed by atoms with E-state index in [9.17, 15) is 19.2 Å². The first-order valence-corrected chi connectivity index (χ1v) is 6.32. The Morgan fingerprint density at radius 2 is 1.86 bits per heavy atom. The molecular weight excluding hydrogens is 276 g/mol. The first kappa shape index (κ1) is 14.7. The predicted octanol–water partition coefficient (Wildman–Crippen LogP) is 0.210. The van der Waals surface area contributed by atoms with Gasteiger partial charge in [-0.1, -0.05) is 12.1 Å². The van der Waals surface area contributed by atoms with Gasteiger partial charge < -0.3 is 4.74 Å². The standard InChI is InChI=1S/C14H14N2O5/c1-8(17)9(2)21-12(18)7-16-14(20)11-6-4-3-5-10(11)13(19)15-16/h3-6,9H,7H2,1-2H3,(H,15,19). The number of fused-ring (bicyclic) bond motifs is 1. The number of carbonyl (C=O) groups excluding carboxylic acids is 2. The number of H-pyrrole nitrogens is 1. The molecule has 0 spiro atoms. The van der Waals surface area contributed by atoms with Crippen LogP contribution in [0.2, 0.25) is 0 Å². The molecule has 0 radical (unpaired) electrons. The highest BCUT2D eigenvalue weighted by molar-refractivity contribution is 5.83. The number of hydrogen-bond acceptors (Lipinski definition) is 5. The molecule has 1 aromatic heterocycles. The Bertz CT molecular complexity index is 818. The second kappa shape index (κ2) is 5.74. The van der Waals surface area contributed by atoms with Crippen molar-refractivity contribution < 1.29 is 14.3 Å². The largest absolute Gasteiger partial charge is 0.453 e. The Morgan fingerprint density at radius 3 is 2.48 bits per heavy atom. The van der Waals surface area contributed by atoms with Crippen molar-refractivity contribution >= 4 is 22.5 Å². The van der Waals surface area contributed by atoms with Gasteiger partial charge in [0.2, 0.25) is 0 Å². The molecule has 0 saturated carbocycles. The number of esters is 1. The van der Waals surface area contributed by atoms with Gasteiger partial charge in [-0.05, 0) is 26.0 Å². The topological polar surface area (TPSA) is 98.2 Å². The van der Waals surface area contributed by atoms with Crippen molar-refractivity contribution in [1.82, 2.24) is 9.78 Å². The highest BCUT2D eigenvalue weighted by Crippen LogP contribution is 2.02. The fraction of sp³-hybridized carbons (Fsp3) is 0.286. The lowest BCUT2D eigenvalue weighted by atomic mass is 10.2. The molecule has 0 aliphatic rings. The first-order chi connectivity index (χ1) is 9.90. The number of Topliss-reactive ketones (excluding diaryl/α,β-unsaturated/α-hetero) is 1. The van der Waals surface area contributed by atoms with E-state index >= 15 is 0 Å². The van der Waals surface area contributed by atoms with Crippen molar-refractivity contribution in [2.75, 3.05) is 0 Å². The maximum Gasteiger partial charge on any atom is 0.328 e. The predicted molar refractivity (Wildman–Crippen MR) is 75.1 cm³/mol. The van der Waals surface area contributed by atoms with Crippen LogP contribution in [0.1, 0.15) is 13.8 Å². The van der Waals surface area contributed by atoms with Gasteiger partial charge in [-0.2, -0.15) is 0 Å². The number of benzene rings is 1. The Morgan fingerprint density at radius 1 is 1.24 bits per heavy atom. The number of rotatable bonds is 4. The van der Waals surface area contributed by atoms with Gasteiger partial charge in [0.1, 0.15) is 6.54 Å². The summed E-state index contributed by atoms with van der Waals surface area (Å²) in [6.07, 6.45) is -0.889. The van der Waals surface area contributed by atoms with Gasteiger partial charge >= 0.3 is 5.97 Å². The second-order valence-corrected chi connectivity index (χ2v) is 4.62. The number of carbonyl (C=O) groups is 2. The van der Waals surface area contributed by atoms with Gasteiger partial charge in [-0.25, -0.2) is 4.68 Å². The average molecular weight is 290 g/mol. The zero-order valence-electron chi connectivity index (χ0n) is 11.6. The summed E-state index contributed by atoms with van der Waals surface area (Å²) >= 11 is 0. The van der Waals surface area contributed by atoms with Gasteiger partial charge in [-0.15, -0.1) is 0 Å². The lowest BCUT2D eigenvalue weighted by molar-refractivity contribution is -0.154. The van der Waals surface area contributed by atoms with Crippen LogP contribution in [0.4, 0.5) is 0 Å². The minimum absolute atomic E-state index is 0.216. The van der Waals surface area contributed by atoms with Gasteiger partial charge in [-0.3, -0.25) is 24.3 Å². The highest BCUT2D eigenvalue weighted by atomic mass is 16.5. The molecule has 0 saturated heterocycles. The summed E-state index contributed by atoms with van der Waals surface area (Å²) in [5.41, 5.74) is -0.977. The monoisotopic (exact) mass is 290 g/mol. The minimum Gasteiger partial charge on any atom is -0.453 e. The molecule has 110 valence electrons.